The van der Waals surface area contributed by atoms with Crippen LogP contribution in [0.15, 0.2) is 42.7 Å². The van der Waals surface area contributed by atoms with E-state index in [1.165, 1.54) is 24.0 Å². The van der Waals surface area contributed by atoms with Crippen LogP contribution in [0.25, 0.3) is 0 Å². The van der Waals surface area contributed by atoms with Gasteiger partial charge in [0.05, 0.1) is 6.10 Å². The zero-order chi connectivity index (χ0) is 13.2. The second-order valence-corrected chi connectivity index (χ2v) is 5.57. The van der Waals surface area contributed by atoms with Gasteiger partial charge in [0.25, 0.3) is 0 Å². The maximum Gasteiger partial charge on any atom is 0.0832 e. The molecule has 1 fully saturated rings. The smallest absolute Gasteiger partial charge is 0.0832 e. The van der Waals surface area contributed by atoms with Gasteiger partial charge in [0.2, 0.25) is 0 Å². The van der Waals surface area contributed by atoms with E-state index in [1.54, 1.807) is 0 Å². The summed E-state index contributed by atoms with van der Waals surface area (Å²) in [6.07, 6.45) is 7.31. The van der Waals surface area contributed by atoms with Crippen LogP contribution in [0.1, 0.15) is 42.6 Å². The molecule has 1 aromatic carbocycles. The Bertz CT molecular complexity index is 537. The Morgan fingerprint density at radius 2 is 1.84 bits per heavy atom. The molecule has 19 heavy (non-hydrogen) atoms. The molecule has 3 rings (SSSR count). The molecule has 0 spiro atoms. The first-order chi connectivity index (χ1) is 9.26. The third kappa shape index (κ3) is 2.90. The molecular weight excluding hydrogens is 234 g/mol. The van der Waals surface area contributed by atoms with Gasteiger partial charge in [-0.25, -0.2) is 0 Å². The van der Waals surface area contributed by atoms with Crippen LogP contribution in [0.2, 0.25) is 0 Å². The second-order valence-electron chi connectivity index (χ2n) is 5.57. The van der Waals surface area contributed by atoms with Crippen molar-refractivity contribution < 1.29 is 5.11 Å². The van der Waals surface area contributed by atoms with Crippen LogP contribution in [0, 0.1) is 5.92 Å². The Balaban J connectivity index is 1.68. The summed E-state index contributed by atoms with van der Waals surface area (Å²) in [6.45, 7) is 3.05. The fraction of sp³-hybridized carbons (Fsp3) is 0.412. The summed E-state index contributed by atoms with van der Waals surface area (Å²) in [7, 11) is 0. The minimum Gasteiger partial charge on any atom is -0.388 e. The summed E-state index contributed by atoms with van der Waals surface area (Å²) in [4.78, 5) is 0. The number of aliphatic hydroxyl groups is 1. The number of aromatic nitrogens is 1. The number of benzene rings is 1. The molecule has 2 nitrogen and oxygen atoms in total. The first-order valence-electron chi connectivity index (χ1n) is 7.18. The summed E-state index contributed by atoms with van der Waals surface area (Å²) in [5.41, 5.74) is 3.74. The van der Waals surface area contributed by atoms with E-state index in [0.717, 1.165) is 18.5 Å². The van der Waals surface area contributed by atoms with Gasteiger partial charge < -0.3 is 9.67 Å². The molecule has 1 aliphatic carbocycles. The van der Waals surface area contributed by atoms with E-state index < -0.39 is 0 Å². The zero-order valence-corrected chi connectivity index (χ0v) is 11.4. The lowest BCUT2D eigenvalue weighted by atomic mass is 10.1. The fourth-order valence-electron chi connectivity index (χ4n) is 2.51. The highest BCUT2D eigenvalue weighted by atomic mass is 16.3. The number of hydrogen-bond donors (Lipinski definition) is 1. The standard InChI is InChI=1S/C17H21NO/c1-2-13-3-5-14(6-4-13)11-18-10-9-16(12-18)17(19)15-7-8-15/h3-6,9-10,12,15,17,19H,2,7-8,11H2,1H3. The van der Waals surface area contributed by atoms with E-state index >= 15 is 0 Å². The van der Waals surface area contributed by atoms with Gasteiger partial charge in [-0.15, -0.1) is 0 Å². The summed E-state index contributed by atoms with van der Waals surface area (Å²) < 4.78 is 2.15. The Labute approximate surface area is 114 Å². The molecule has 1 heterocycles. The van der Waals surface area contributed by atoms with Crippen molar-refractivity contribution in [3.05, 3.63) is 59.4 Å². The Morgan fingerprint density at radius 3 is 2.47 bits per heavy atom. The van der Waals surface area contributed by atoms with Gasteiger partial charge in [0.15, 0.2) is 0 Å². The summed E-state index contributed by atoms with van der Waals surface area (Å²) >= 11 is 0. The molecular formula is C17H21NO. The Kier molecular flexibility index (Phi) is 3.43. The lowest BCUT2D eigenvalue weighted by molar-refractivity contribution is 0.154. The van der Waals surface area contributed by atoms with E-state index in [0.29, 0.717) is 5.92 Å². The minimum atomic E-state index is -0.260. The summed E-state index contributed by atoms with van der Waals surface area (Å²) in [5.74, 6) is 0.500. The van der Waals surface area contributed by atoms with Gasteiger partial charge in [-0.3, -0.25) is 0 Å². The molecule has 1 aromatic heterocycles. The monoisotopic (exact) mass is 255 g/mol. The average Bonchev–Trinajstić information content (AvgIpc) is 3.19. The molecule has 1 saturated carbocycles. The quantitative estimate of drug-likeness (QED) is 0.868. The highest BCUT2D eigenvalue weighted by molar-refractivity contribution is 5.24. The molecule has 0 aliphatic heterocycles. The lowest BCUT2D eigenvalue weighted by Crippen LogP contribution is -1.99. The van der Waals surface area contributed by atoms with Crippen molar-refractivity contribution in [3.8, 4) is 0 Å². The van der Waals surface area contributed by atoms with Crippen molar-refractivity contribution in [2.45, 2.75) is 38.8 Å². The van der Waals surface area contributed by atoms with Crippen LogP contribution < -0.4 is 0 Å². The van der Waals surface area contributed by atoms with Gasteiger partial charge in [0, 0.05) is 18.9 Å². The minimum absolute atomic E-state index is 0.260. The number of nitrogens with zero attached hydrogens (tertiary/aromatic N) is 1. The molecule has 2 aromatic rings. The van der Waals surface area contributed by atoms with Crippen LogP contribution >= 0.6 is 0 Å². The third-order valence-corrected chi connectivity index (χ3v) is 3.98. The van der Waals surface area contributed by atoms with Crippen LogP contribution in [0.3, 0.4) is 0 Å². The molecule has 1 aliphatic rings. The molecule has 0 saturated heterocycles. The van der Waals surface area contributed by atoms with Crippen LogP contribution in [-0.4, -0.2) is 9.67 Å². The van der Waals surface area contributed by atoms with Gasteiger partial charge in [0.1, 0.15) is 0 Å². The molecule has 1 N–H and O–H groups in total. The first-order valence-corrected chi connectivity index (χ1v) is 7.18. The second kappa shape index (κ2) is 5.22. The molecule has 100 valence electrons. The van der Waals surface area contributed by atoms with E-state index in [-0.39, 0.29) is 6.10 Å². The number of hydrogen-bond acceptors (Lipinski definition) is 1. The van der Waals surface area contributed by atoms with Crippen LogP contribution in [0.4, 0.5) is 0 Å². The van der Waals surface area contributed by atoms with Gasteiger partial charge in [-0.2, -0.15) is 0 Å². The number of aryl methyl sites for hydroxylation is 1. The Morgan fingerprint density at radius 1 is 1.16 bits per heavy atom. The molecule has 0 radical (unpaired) electrons. The van der Waals surface area contributed by atoms with Crippen LogP contribution in [-0.2, 0) is 13.0 Å². The summed E-state index contributed by atoms with van der Waals surface area (Å²) in [6, 6.07) is 10.8. The van der Waals surface area contributed by atoms with Crippen molar-refractivity contribution in [2.24, 2.45) is 5.92 Å². The van der Waals surface area contributed by atoms with Crippen molar-refractivity contribution in [3.63, 3.8) is 0 Å². The molecule has 1 atom stereocenters. The van der Waals surface area contributed by atoms with Gasteiger partial charge in [-0.05, 0) is 47.9 Å². The normalized spacial score (nSPS) is 16.5. The van der Waals surface area contributed by atoms with E-state index in [9.17, 15) is 5.11 Å². The van der Waals surface area contributed by atoms with E-state index in [1.807, 2.05) is 6.07 Å². The van der Waals surface area contributed by atoms with Gasteiger partial charge in [-0.1, -0.05) is 31.2 Å². The summed E-state index contributed by atoms with van der Waals surface area (Å²) in [5, 5.41) is 10.1. The SMILES string of the molecule is CCc1ccc(Cn2ccc(C(O)C3CC3)c2)cc1. The molecule has 0 bridgehead atoms. The third-order valence-electron chi connectivity index (χ3n) is 3.98. The predicted molar refractivity (Wildman–Crippen MR) is 77.0 cm³/mol. The van der Waals surface area contributed by atoms with Gasteiger partial charge >= 0.3 is 0 Å². The molecule has 0 amide bonds. The van der Waals surface area contributed by atoms with Crippen molar-refractivity contribution in [2.75, 3.05) is 0 Å². The first kappa shape index (κ1) is 12.5. The maximum atomic E-state index is 10.1. The van der Waals surface area contributed by atoms with Crippen molar-refractivity contribution >= 4 is 0 Å². The molecule has 2 heteroatoms. The largest absolute Gasteiger partial charge is 0.388 e. The average molecular weight is 255 g/mol. The fourth-order valence-corrected chi connectivity index (χ4v) is 2.51. The van der Waals surface area contributed by atoms with Crippen molar-refractivity contribution in [1.29, 1.82) is 0 Å². The highest BCUT2D eigenvalue weighted by Gasteiger charge is 2.31. The highest BCUT2D eigenvalue weighted by Crippen LogP contribution is 2.40. The molecule has 1 unspecified atom stereocenters. The number of rotatable bonds is 5. The van der Waals surface area contributed by atoms with Crippen LogP contribution in [0.5, 0.6) is 0 Å². The van der Waals surface area contributed by atoms with Crippen molar-refractivity contribution in [1.82, 2.24) is 4.57 Å². The lowest BCUT2D eigenvalue weighted by Gasteiger charge is -2.07. The Hall–Kier alpha value is -1.54. The zero-order valence-electron chi connectivity index (χ0n) is 11.4. The number of aliphatic hydroxyl groups excluding tert-OH is 1. The van der Waals surface area contributed by atoms with E-state index in [2.05, 4.69) is 48.1 Å². The topological polar surface area (TPSA) is 25.2 Å². The maximum absolute atomic E-state index is 10.1. The predicted octanol–water partition coefficient (Wildman–Crippen LogP) is 3.54. The van der Waals surface area contributed by atoms with E-state index in [4.69, 9.17) is 0 Å².